The van der Waals surface area contributed by atoms with E-state index in [0.29, 0.717) is 6.54 Å². The van der Waals surface area contributed by atoms with E-state index in [0.717, 1.165) is 6.42 Å². The first kappa shape index (κ1) is 11.4. The third kappa shape index (κ3) is 3.17. The van der Waals surface area contributed by atoms with Crippen LogP contribution in [0, 0.1) is 0 Å². The van der Waals surface area contributed by atoms with Gasteiger partial charge in [-0.25, -0.2) is 9.28 Å². The Bertz CT molecular complexity index is 161. The largest absolute Gasteiger partial charge is 0.413 e. The van der Waals surface area contributed by atoms with Crippen LogP contribution in [0.5, 0.6) is 0 Å². The van der Waals surface area contributed by atoms with Gasteiger partial charge in [0.25, 0.3) is 0 Å². The molecule has 0 radical (unpaired) electrons. The molecule has 0 aromatic rings. The van der Waals surface area contributed by atoms with Gasteiger partial charge in [-0.3, -0.25) is 0 Å². The summed E-state index contributed by atoms with van der Waals surface area (Å²) in [5.74, 6) is 0. The van der Waals surface area contributed by atoms with Crippen molar-refractivity contribution < 1.29 is 19.5 Å². The Balaban J connectivity index is 4.28. The fraction of sp³-hybridized carbons (Fsp3) is 0.857. The number of aliphatic hydroxyl groups is 2. The topological polar surface area (TPSA) is 83.6 Å². The molecule has 5 heteroatoms. The molecule has 0 bridgehead atoms. The zero-order valence-corrected chi connectivity index (χ0v) is 7.53. The van der Waals surface area contributed by atoms with Gasteiger partial charge in [0.2, 0.25) is 6.29 Å². The molecular formula is C7H17N2O3+. The van der Waals surface area contributed by atoms with E-state index in [4.69, 9.17) is 15.9 Å². The minimum Gasteiger partial charge on any atom is -0.364 e. The molecule has 0 rings (SSSR count). The van der Waals surface area contributed by atoms with Gasteiger partial charge in [0.1, 0.15) is 6.54 Å². The van der Waals surface area contributed by atoms with Crippen LogP contribution in [-0.2, 0) is 0 Å². The molecule has 0 saturated carbocycles. The molecule has 1 atom stereocenters. The minimum absolute atomic E-state index is 0.0524. The molecule has 4 N–H and O–H groups in total. The Kier molecular flexibility index (Phi) is 4.16. The van der Waals surface area contributed by atoms with Crippen LogP contribution >= 0.6 is 0 Å². The smallest absolute Gasteiger partial charge is 0.364 e. The van der Waals surface area contributed by atoms with Gasteiger partial charge in [-0.2, -0.15) is 0 Å². The number of primary amides is 1. The van der Waals surface area contributed by atoms with Crippen LogP contribution in [0.25, 0.3) is 0 Å². The lowest BCUT2D eigenvalue weighted by Crippen LogP contribution is -2.56. The zero-order chi connectivity index (χ0) is 9.78. The number of nitrogens with two attached hydrogens (primary N) is 1. The molecule has 12 heavy (non-hydrogen) atoms. The molecule has 0 aliphatic heterocycles. The first-order chi connectivity index (χ1) is 5.42. The first-order valence-electron chi connectivity index (χ1n) is 3.93. The fourth-order valence-electron chi connectivity index (χ4n) is 1.15. The van der Waals surface area contributed by atoms with Crippen molar-refractivity contribution in [2.24, 2.45) is 5.73 Å². The molecule has 0 aromatic heterocycles. The van der Waals surface area contributed by atoms with E-state index in [2.05, 4.69) is 0 Å². The number of carbonyl (C=O) groups is 1. The summed E-state index contributed by atoms with van der Waals surface area (Å²) in [6.07, 6.45) is -0.722. The van der Waals surface area contributed by atoms with E-state index in [-0.39, 0.29) is 11.0 Å². The Morgan fingerprint density at radius 2 is 2.08 bits per heavy atom. The Labute approximate surface area is 72.0 Å². The molecule has 0 aliphatic carbocycles. The van der Waals surface area contributed by atoms with Crippen LogP contribution in [-0.4, -0.2) is 47.2 Å². The second-order valence-corrected chi connectivity index (χ2v) is 3.12. The van der Waals surface area contributed by atoms with E-state index >= 15 is 0 Å². The van der Waals surface area contributed by atoms with Crippen LogP contribution in [0.1, 0.15) is 13.3 Å². The number of amides is 2. The molecule has 1 unspecified atom stereocenters. The second-order valence-electron chi connectivity index (χ2n) is 3.12. The highest BCUT2D eigenvalue weighted by molar-refractivity contribution is 5.64. The summed E-state index contributed by atoms with van der Waals surface area (Å²) >= 11 is 0. The Morgan fingerprint density at radius 1 is 1.58 bits per heavy atom. The van der Waals surface area contributed by atoms with Crippen LogP contribution in [0.3, 0.4) is 0 Å². The van der Waals surface area contributed by atoms with Crippen LogP contribution in [0.15, 0.2) is 0 Å². The number of quaternary nitrogens is 1. The van der Waals surface area contributed by atoms with Crippen LogP contribution in [0.2, 0.25) is 0 Å². The number of aliphatic hydroxyl groups excluding tert-OH is 1. The summed E-state index contributed by atoms with van der Waals surface area (Å²) in [5.41, 5.74) is 5.12. The summed E-state index contributed by atoms with van der Waals surface area (Å²) in [6, 6.07) is -0.537. The van der Waals surface area contributed by atoms with Gasteiger partial charge < -0.3 is 15.9 Å². The summed E-state index contributed by atoms with van der Waals surface area (Å²) < 4.78 is -0.131. The molecule has 0 spiro atoms. The predicted molar refractivity (Wildman–Crippen MR) is 44.0 cm³/mol. The summed E-state index contributed by atoms with van der Waals surface area (Å²) in [7, 11) is 1.59. The van der Waals surface area contributed by atoms with Crippen molar-refractivity contribution in [1.29, 1.82) is 0 Å². The van der Waals surface area contributed by atoms with E-state index in [9.17, 15) is 4.79 Å². The number of urea groups is 1. The summed E-state index contributed by atoms with van der Waals surface area (Å²) in [6.45, 7) is 2.37. The molecular weight excluding hydrogens is 160 g/mol. The second kappa shape index (κ2) is 4.39. The first-order valence-corrected chi connectivity index (χ1v) is 3.93. The van der Waals surface area contributed by atoms with Gasteiger partial charge in [0, 0.05) is 0 Å². The molecule has 72 valence electrons. The van der Waals surface area contributed by atoms with Crippen molar-refractivity contribution in [3.8, 4) is 0 Å². The van der Waals surface area contributed by atoms with Crippen molar-refractivity contribution in [1.82, 2.24) is 0 Å². The van der Waals surface area contributed by atoms with E-state index in [1.165, 1.54) is 0 Å². The van der Waals surface area contributed by atoms with Gasteiger partial charge in [0.15, 0.2) is 0 Å². The average molecular weight is 177 g/mol. The van der Waals surface area contributed by atoms with Crippen molar-refractivity contribution >= 4 is 6.03 Å². The zero-order valence-electron chi connectivity index (χ0n) is 7.53. The Morgan fingerprint density at radius 3 is 2.33 bits per heavy atom. The predicted octanol–water partition coefficient (Wildman–Crippen LogP) is -0.768. The third-order valence-corrected chi connectivity index (χ3v) is 1.82. The van der Waals surface area contributed by atoms with E-state index < -0.39 is 12.3 Å². The Hall–Kier alpha value is -0.650. The maximum absolute atomic E-state index is 10.9. The molecule has 5 nitrogen and oxygen atoms in total. The van der Waals surface area contributed by atoms with Gasteiger partial charge >= 0.3 is 6.03 Å². The lowest BCUT2D eigenvalue weighted by Gasteiger charge is -2.29. The van der Waals surface area contributed by atoms with Crippen molar-refractivity contribution in [3.05, 3.63) is 0 Å². The highest BCUT2D eigenvalue weighted by Crippen LogP contribution is 2.04. The number of nitrogens with zero attached hydrogens (tertiary/aromatic N) is 1. The van der Waals surface area contributed by atoms with Crippen molar-refractivity contribution in [3.63, 3.8) is 0 Å². The van der Waals surface area contributed by atoms with Gasteiger partial charge in [-0.05, 0) is 6.42 Å². The molecule has 0 saturated heterocycles. The van der Waals surface area contributed by atoms with Crippen molar-refractivity contribution in [2.45, 2.75) is 19.6 Å². The fourth-order valence-corrected chi connectivity index (χ4v) is 1.15. The average Bonchev–Trinajstić information content (AvgIpc) is 1.85. The number of likely N-dealkylation sites (N-methyl/N-ethyl adjacent to an activating group) is 1. The van der Waals surface area contributed by atoms with E-state index in [1.54, 1.807) is 7.05 Å². The lowest BCUT2D eigenvalue weighted by molar-refractivity contribution is -0.836. The van der Waals surface area contributed by atoms with E-state index in [1.807, 2.05) is 6.92 Å². The quantitative estimate of drug-likeness (QED) is 0.389. The number of hydrogen-bond donors (Lipinski definition) is 3. The highest BCUT2D eigenvalue weighted by atomic mass is 16.5. The van der Waals surface area contributed by atoms with Crippen LogP contribution < -0.4 is 5.73 Å². The normalized spacial score (nSPS) is 16.1. The van der Waals surface area contributed by atoms with Crippen LogP contribution in [0.4, 0.5) is 4.79 Å². The standard InChI is InChI=1S/C7H16N2O3/c1-3-4-9(2,7(8)12)5-6(10)11/h6,10-11H,3-5H2,1-2H3,(H-,8,12)/p+1. The SMILES string of the molecule is CCC[N+](C)(CC(O)O)C(N)=O. The number of hydrogen-bond acceptors (Lipinski definition) is 3. The summed E-state index contributed by atoms with van der Waals surface area (Å²) in [4.78, 5) is 10.9. The number of carbonyl (C=O) groups excluding carboxylic acids is 1. The lowest BCUT2D eigenvalue weighted by atomic mass is 10.3. The highest BCUT2D eigenvalue weighted by Gasteiger charge is 2.30. The minimum atomic E-state index is -1.49. The molecule has 0 fully saturated rings. The third-order valence-electron chi connectivity index (χ3n) is 1.82. The van der Waals surface area contributed by atoms with Gasteiger partial charge in [0.05, 0.1) is 13.6 Å². The maximum Gasteiger partial charge on any atom is 0.413 e. The summed E-state index contributed by atoms with van der Waals surface area (Å²) in [5, 5.41) is 17.4. The number of rotatable bonds is 4. The molecule has 0 aromatic carbocycles. The van der Waals surface area contributed by atoms with Gasteiger partial charge in [-0.1, -0.05) is 6.92 Å². The monoisotopic (exact) mass is 177 g/mol. The molecule has 2 amide bonds. The van der Waals surface area contributed by atoms with Gasteiger partial charge in [-0.15, -0.1) is 0 Å². The molecule has 0 aliphatic rings. The maximum atomic E-state index is 10.9. The molecule has 0 heterocycles. The van der Waals surface area contributed by atoms with Crippen molar-refractivity contribution in [2.75, 3.05) is 20.1 Å².